The number of nitrogens with one attached hydrogen (secondary N) is 1. The number of rotatable bonds is 4. The lowest BCUT2D eigenvalue weighted by atomic mass is 9.93. The number of ether oxygens (including phenoxy) is 1. The molecule has 1 aliphatic heterocycles. The SMILES string of the molecule is COc1ncccc1CN1CCc2[nH]cnc2C1C(C)C. The molecule has 1 atom stereocenters. The molecule has 0 radical (unpaired) electrons. The van der Waals surface area contributed by atoms with Gasteiger partial charge in [-0.25, -0.2) is 9.97 Å². The molecular weight excluding hydrogens is 264 g/mol. The lowest BCUT2D eigenvalue weighted by Gasteiger charge is -2.37. The Morgan fingerprint density at radius 1 is 1.43 bits per heavy atom. The largest absolute Gasteiger partial charge is 0.481 e. The summed E-state index contributed by atoms with van der Waals surface area (Å²) in [6.45, 7) is 6.37. The summed E-state index contributed by atoms with van der Waals surface area (Å²) in [5.74, 6) is 1.22. The van der Waals surface area contributed by atoms with Crippen LogP contribution in [0.5, 0.6) is 5.88 Å². The van der Waals surface area contributed by atoms with Crippen LogP contribution < -0.4 is 4.74 Å². The number of hydrogen-bond donors (Lipinski definition) is 1. The highest BCUT2D eigenvalue weighted by molar-refractivity contribution is 5.27. The molecule has 0 saturated carbocycles. The molecule has 0 aliphatic carbocycles. The van der Waals surface area contributed by atoms with Crippen LogP contribution in [0.25, 0.3) is 0 Å². The highest BCUT2D eigenvalue weighted by atomic mass is 16.5. The van der Waals surface area contributed by atoms with Crippen molar-refractivity contribution in [1.82, 2.24) is 19.9 Å². The Bertz CT molecular complexity index is 608. The van der Waals surface area contributed by atoms with Crippen LogP contribution in [0.3, 0.4) is 0 Å². The molecule has 21 heavy (non-hydrogen) atoms. The van der Waals surface area contributed by atoms with Crippen LogP contribution in [-0.4, -0.2) is 33.5 Å². The predicted octanol–water partition coefficient (Wildman–Crippen LogP) is 2.57. The van der Waals surface area contributed by atoms with Gasteiger partial charge in [0.25, 0.3) is 0 Å². The van der Waals surface area contributed by atoms with Crippen molar-refractivity contribution in [3.05, 3.63) is 41.6 Å². The van der Waals surface area contributed by atoms with Crippen LogP contribution in [0, 0.1) is 5.92 Å². The van der Waals surface area contributed by atoms with Crippen molar-refractivity contribution in [2.24, 2.45) is 5.92 Å². The van der Waals surface area contributed by atoms with Crippen molar-refractivity contribution in [2.75, 3.05) is 13.7 Å². The standard InChI is InChI=1S/C16H22N4O/c1-11(2)15-14-13(18-10-19-14)6-8-20(15)9-12-5-4-7-17-16(12)21-3/h4-5,7,10-11,15H,6,8-9H2,1-3H3,(H,18,19). The van der Waals surface area contributed by atoms with Gasteiger partial charge in [-0.3, -0.25) is 4.90 Å². The molecule has 2 aromatic heterocycles. The minimum atomic E-state index is 0.338. The molecule has 2 aromatic rings. The number of H-pyrrole nitrogens is 1. The lowest BCUT2D eigenvalue weighted by molar-refractivity contribution is 0.130. The van der Waals surface area contributed by atoms with Crippen molar-refractivity contribution < 1.29 is 4.74 Å². The molecule has 1 aliphatic rings. The normalized spacial score (nSPS) is 18.8. The van der Waals surface area contributed by atoms with E-state index in [0.29, 0.717) is 17.8 Å². The molecule has 5 nitrogen and oxygen atoms in total. The third-order valence-electron chi connectivity index (χ3n) is 4.12. The Morgan fingerprint density at radius 2 is 2.29 bits per heavy atom. The molecule has 0 fully saturated rings. The molecule has 112 valence electrons. The monoisotopic (exact) mass is 286 g/mol. The van der Waals surface area contributed by atoms with Crippen LogP contribution in [-0.2, 0) is 13.0 Å². The van der Waals surface area contributed by atoms with Crippen molar-refractivity contribution in [2.45, 2.75) is 32.9 Å². The second-order valence-corrected chi connectivity index (χ2v) is 5.85. The van der Waals surface area contributed by atoms with E-state index in [1.165, 1.54) is 11.4 Å². The van der Waals surface area contributed by atoms with Crippen LogP contribution in [0.15, 0.2) is 24.7 Å². The van der Waals surface area contributed by atoms with Crippen molar-refractivity contribution in [3.63, 3.8) is 0 Å². The summed E-state index contributed by atoms with van der Waals surface area (Å²) in [7, 11) is 1.67. The molecule has 5 heteroatoms. The third-order valence-corrected chi connectivity index (χ3v) is 4.12. The zero-order valence-electron chi connectivity index (χ0n) is 12.8. The lowest BCUT2D eigenvalue weighted by Crippen LogP contribution is -2.37. The molecule has 3 rings (SSSR count). The van der Waals surface area contributed by atoms with Crippen LogP contribution in [0.2, 0.25) is 0 Å². The van der Waals surface area contributed by atoms with Crippen LogP contribution >= 0.6 is 0 Å². The smallest absolute Gasteiger partial charge is 0.217 e. The fraction of sp³-hybridized carbons (Fsp3) is 0.500. The Kier molecular flexibility index (Phi) is 3.92. The van der Waals surface area contributed by atoms with E-state index >= 15 is 0 Å². The minimum Gasteiger partial charge on any atom is -0.481 e. The van der Waals surface area contributed by atoms with Crippen molar-refractivity contribution in [3.8, 4) is 5.88 Å². The fourth-order valence-corrected chi connectivity index (χ4v) is 3.22. The number of fused-ring (bicyclic) bond motifs is 1. The van der Waals surface area contributed by atoms with Crippen molar-refractivity contribution >= 4 is 0 Å². The van der Waals surface area contributed by atoms with E-state index in [1.807, 2.05) is 12.4 Å². The van der Waals surface area contributed by atoms with Gasteiger partial charge >= 0.3 is 0 Å². The number of pyridine rings is 1. The second kappa shape index (κ2) is 5.85. The van der Waals surface area contributed by atoms with Gasteiger partial charge in [-0.1, -0.05) is 19.9 Å². The number of aromatic nitrogens is 3. The van der Waals surface area contributed by atoms with Gasteiger partial charge in [-0.15, -0.1) is 0 Å². The number of imidazole rings is 1. The topological polar surface area (TPSA) is 54.0 Å². The third kappa shape index (κ3) is 2.65. The fourth-order valence-electron chi connectivity index (χ4n) is 3.22. The summed E-state index contributed by atoms with van der Waals surface area (Å²) in [6.07, 6.45) is 4.60. The zero-order chi connectivity index (χ0) is 14.8. The maximum atomic E-state index is 5.38. The van der Waals surface area contributed by atoms with Gasteiger partial charge < -0.3 is 9.72 Å². The summed E-state index contributed by atoms with van der Waals surface area (Å²) < 4.78 is 5.38. The molecule has 3 heterocycles. The molecule has 0 saturated heterocycles. The van der Waals surface area contributed by atoms with Gasteiger partial charge in [0.05, 0.1) is 25.2 Å². The Labute approximate surface area is 125 Å². The minimum absolute atomic E-state index is 0.338. The number of methoxy groups -OCH3 is 1. The van der Waals surface area contributed by atoms with Crippen LogP contribution in [0.1, 0.15) is 36.8 Å². The highest BCUT2D eigenvalue weighted by Gasteiger charge is 2.32. The van der Waals surface area contributed by atoms with Gasteiger partial charge in [0.1, 0.15) is 0 Å². The number of hydrogen-bond acceptors (Lipinski definition) is 4. The molecular formula is C16H22N4O. The first-order chi connectivity index (χ1) is 10.2. The van der Waals surface area contributed by atoms with E-state index in [1.54, 1.807) is 13.3 Å². The van der Waals surface area contributed by atoms with Crippen LogP contribution in [0.4, 0.5) is 0 Å². The molecule has 0 spiro atoms. The first-order valence-electron chi connectivity index (χ1n) is 7.44. The average Bonchev–Trinajstić information content (AvgIpc) is 2.95. The number of nitrogens with zero attached hydrogens (tertiary/aromatic N) is 3. The molecule has 0 amide bonds. The average molecular weight is 286 g/mol. The molecule has 1 N–H and O–H groups in total. The van der Waals surface area contributed by atoms with Gasteiger partial charge in [0, 0.05) is 37.0 Å². The Morgan fingerprint density at radius 3 is 3.05 bits per heavy atom. The van der Waals surface area contributed by atoms with Gasteiger partial charge in [0.15, 0.2) is 0 Å². The first-order valence-corrected chi connectivity index (χ1v) is 7.44. The maximum absolute atomic E-state index is 5.38. The van der Waals surface area contributed by atoms with Gasteiger partial charge in [-0.2, -0.15) is 0 Å². The molecule has 0 bridgehead atoms. The zero-order valence-corrected chi connectivity index (χ0v) is 12.8. The second-order valence-electron chi connectivity index (χ2n) is 5.85. The summed E-state index contributed by atoms with van der Waals surface area (Å²) in [6, 6.07) is 4.39. The van der Waals surface area contributed by atoms with E-state index in [0.717, 1.165) is 25.1 Å². The maximum Gasteiger partial charge on any atom is 0.217 e. The Balaban J connectivity index is 1.88. The van der Waals surface area contributed by atoms with E-state index < -0.39 is 0 Å². The molecule has 1 unspecified atom stereocenters. The van der Waals surface area contributed by atoms with E-state index in [9.17, 15) is 0 Å². The quantitative estimate of drug-likeness (QED) is 0.938. The van der Waals surface area contributed by atoms with E-state index in [-0.39, 0.29) is 0 Å². The van der Waals surface area contributed by atoms with Crippen molar-refractivity contribution in [1.29, 1.82) is 0 Å². The summed E-state index contributed by atoms with van der Waals surface area (Å²) in [4.78, 5) is 14.6. The summed E-state index contributed by atoms with van der Waals surface area (Å²) >= 11 is 0. The van der Waals surface area contributed by atoms with Gasteiger partial charge in [0.2, 0.25) is 5.88 Å². The highest BCUT2D eigenvalue weighted by Crippen LogP contribution is 2.35. The van der Waals surface area contributed by atoms with E-state index in [2.05, 4.69) is 39.8 Å². The number of aromatic amines is 1. The first kappa shape index (κ1) is 14.1. The Hall–Kier alpha value is -1.88. The van der Waals surface area contributed by atoms with Gasteiger partial charge in [-0.05, 0) is 12.0 Å². The summed E-state index contributed by atoms with van der Waals surface area (Å²) in [5, 5.41) is 0. The van der Waals surface area contributed by atoms with E-state index in [4.69, 9.17) is 4.74 Å². The summed E-state index contributed by atoms with van der Waals surface area (Å²) in [5.41, 5.74) is 3.60. The predicted molar refractivity (Wildman–Crippen MR) is 81.1 cm³/mol. The molecule has 0 aromatic carbocycles.